The quantitative estimate of drug-likeness (QED) is 0.824. The predicted molar refractivity (Wildman–Crippen MR) is 70.7 cm³/mol. The zero-order chi connectivity index (χ0) is 12.8. The summed E-state index contributed by atoms with van der Waals surface area (Å²) >= 11 is 6.23. The van der Waals surface area contributed by atoms with Crippen LogP contribution in [0.15, 0.2) is 18.2 Å². The van der Waals surface area contributed by atoms with Gasteiger partial charge in [-0.25, -0.2) is 0 Å². The molecule has 0 spiro atoms. The number of aliphatic carboxylic acids is 1. The highest BCUT2D eigenvalue weighted by Gasteiger charge is 2.08. The third-order valence-corrected chi connectivity index (χ3v) is 3.39. The molecule has 0 aliphatic heterocycles. The Kier molecular flexibility index (Phi) is 5.49. The third kappa shape index (κ3) is 4.39. The zero-order valence-corrected chi connectivity index (χ0v) is 11.1. The molecule has 1 atom stereocenters. The van der Waals surface area contributed by atoms with Crippen molar-refractivity contribution in [1.29, 1.82) is 0 Å². The Hall–Kier alpha value is -1.02. The fraction of sp³-hybridized carbons (Fsp3) is 0.500. The molecule has 1 aromatic rings. The molecule has 94 valence electrons. The summed E-state index contributed by atoms with van der Waals surface area (Å²) in [5.41, 5.74) is 2.29. The Morgan fingerprint density at radius 1 is 1.47 bits per heavy atom. The number of carboxylic acids is 1. The molecule has 0 heterocycles. The van der Waals surface area contributed by atoms with Crippen molar-refractivity contribution in [1.82, 2.24) is 0 Å². The van der Waals surface area contributed by atoms with Gasteiger partial charge in [-0.15, -0.1) is 0 Å². The lowest BCUT2D eigenvalue weighted by Crippen LogP contribution is -1.97. The molecule has 0 aliphatic rings. The van der Waals surface area contributed by atoms with E-state index in [0.717, 1.165) is 23.4 Å². The Labute approximate surface area is 108 Å². The predicted octanol–water partition coefficient (Wildman–Crippen LogP) is 4.26. The Morgan fingerprint density at radius 2 is 2.18 bits per heavy atom. The molecule has 1 N–H and O–H groups in total. The van der Waals surface area contributed by atoms with Crippen molar-refractivity contribution in [2.24, 2.45) is 0 Å². The molecular weight excluding hydrogens is 236 g/mol. The molecule has 0 radical (unpaired) electrons. The maximum atomic E-state index is 10.4. The molecule has 17 heavy (non-hydrogen) atoms. The van der Waals surface area contributed by atoms with Crippen molar-refractivity contribution in [2.75, 3.05) is 0 Å². The minimum absolute atomic E-state index is 0.213. The largest absolute Gasteiger partial charge is 0.481 e. The van der Waals surface area contributed by atoms with Gasteiger partial charge in [-0.2, -0.15) is 0 Å². The van der Waals surface area contributed by atoms with Crippen molar-refractivity contribution < 1.29 is 9.90 Å². The molecule has 0 aliphatic carbocycles. The van der Waals surface area contributed by atoms with E-state index in [1.165, 1.54) is 5.56 Å². The Balaban J connectivity index is 2.65. The van der Waals surface area contributed by atoms with Gasteiger partial charge in [0.25, 0.3) is 0 Å². The summed E-state index contributed by atoms with van der Waals surface area (Å²) in [6.45, 7) is 4.30. The second-order valence-electron chi connectivity index (χ2n) is 4.41. The molecular formula is C14H19ClO2. The van der Waals surface area contributed by atoms with Gasteiger partial charge in [0, 0.05) is 11.4 Å². The Bertz CT molecular complexity index is 388. The number of carboxylic acid groups (broad SMARTS) is 1. The number of halogens is 1. The van der Waals surface area contributed by atoms with E-state index in [1.807, 2.05) is 6.07 Å². The highest BCUT2D eigenvalue weighted by atomic mass is 35.5. The van der Waals surface area contributed by atoms with Gasteiger partial charge in [0.05, 0.1) is 0 Å². The second kappa shape index (κ2) is 6.65. The van der Waals surface area contributed by atoms with Gasteiger partial charge in [-0.05, 0) is 42.4 Å². The van der Waals surface area contributed by atoms with Crippen molar-refractivity contribution in [3.8, 4) is 0 Å². The normalized spacial score (nSPS) is 12.4. The van der Waals surface area contributed by atoms with E-state index in [4.69, 9.17) is 16.7 Å². The molecule has 2 nitrogen and oxygen atoms in total. The van der Waals surface area contributed by atoms with E-state index in [2.05, 4.69) is 26.0 Å². The summed E-state index contributed by atoms with van der Waals surface area (Å²) in [6.07, 6.45) is 2.71. The van der Waals surface area contributed by atoms with Crippen LogP contribution in [0.4, 0.5) is 0 Å². The van der Waals surface area contributed by atoms with Crippen LogP contribution >= 0.6 is 11.6 Å². The van der Waals surface area contributed by atoms with E-state index in [-0.39, 0.29) is 6.42 Å². The summed E-state index contributed by atoms with van der Waals surface area (Å²) in [4.78, 5) is 10.4. The highest BCUT2D eigenvalue weighted by Crippen LogP contribution is 2.27. The van der Waals surface area contributed by atoms with Crippen LogP contribution in [-0.2, 0) is 11.2 Å². The topological polar surface area (TPSA) is 37.3 Å². The second-order valence-corrected chi connectivity index (χ2v) is 4.82. The lowest BCUT2D eigenvalue weighted by Gasteiger charge is -2.12. The van der Waals surface area contributed by atoms with Crippen LogP contribution in [0, 0.1) is 0 Å². The van der Waals surface area contributed by atoms with Crippen LogP contribution in [0.5, 0.6) is 0 Å². The molecule has 3 heteroatoms. The molecule has 1 unspecified atom stereocenters. The zero-order valence-electron chi connectivity index (χ0n) is 10.4. The molecule has 0 bridgehead atoms. The van der Waals surface area contributed by atoms with Gasteiger partial charge in [0.2, 0.25) is 0 Å². The van der Waals surface area contributed by atoms with Crippen LogP contribution in [0.25, 0.3) is 0 Å². The fourth-order valence-corrected chi connectivity index (χ4v) is 2.18. The molecule has 0 fully saturated rings. The Morgan fingerprint density at radius 3 is 2.71 bits per heavy atom. The van der Waals surface area contributed by atoms with Crippen LogP contribution in [0.2, 0.25) is 5.02 Å². The summed E-state index contributed by atoms with van der Waals surface area (Å²) in [5, 5.41) is 9.37. The van der Waals surface area contributed by atoms with E-state index >= 15 is 0 Å². The first-order valence-corrected chi connectivity index (χ1v) is 6.42. The number of hydrogen-bond acceptors (Lipinski definition) is 1. The average molecular weight is 255 g/mol. The molecule has 1 aromatic carbocycles. The van der Waals surface area contributed by atoms with Gasteiger partial charge in [-0.1, -0.05) is 37.6 Å². The summed E-state index contributed by atoms with van der Waals surface area (Å²) in [6, 6.07) is 6.08. The standard InChI is InChI=1S/C14H19ClO2/c1-3-10(2)12-8-7-11(9-13(12)15)5-4-6-14(16)17/h7-10H,3-6H2,1-2H3,(H,16,17). The number of aryl methyl sites for hydroxylation is 1. The summed E-state index contributed by atoms with van der Waals surface area (Å²) < 4.78 is 0. The maximum absolute atomic E-state index is 10.4. The molecule has 0 saturated heterocycles. The summed E-state index contributed by atoms with van der Waals surface area (Å²) in [7, 11) is 0. The van der Waals surface area contributed by atoms with E-state index in [0.29, 0.717) is 12.3 Å². The number of rotatable bonds is 6. The first kappa shape index (κ1) is 14.0. The third-order valence-electron chi connectivity index (χ3n) is 3.06. The lowest BCUT2D eigenvalue weighted by atomic mass is 9.96. The first-order chi connectivity index (χ1) is 8.04. The summed E-state index contributed by atoms with van der Waals surface area (Å²) in [5.74, 6) is -0.275. The minimum atomic E-state index is -0.743. The molecule has 0 amide bonds. The van der Waals surface area contributed by atoms with Crippen molar-refractivity contribution in [2.45, 2.75) is 45.4 Å². The SMILES string of the molecule is CCC(C)c1ccc(CCCC(=O)O)cc1Cl. The van der Waals surface area contributed by atoms with Gasteiger partial charge in [0.15, 0.2) is 0 Å². The first-order valence-electron chi connectivity index (χ1n) is 6.04. The van der Waals surface area contributed by atoms with E-state index in [1.54, 1.807) is 0 Å². The van der Waals surface area contributed by atoms with Crippen LogP contribution in [-0.4, -0.2) is 11.1 Å². The van der Waals surface area contributed by atoms with Crippen LogP contribution in [0.1, 0.15) is 50.2 Å². The monoisotopic (exact) mass is 254 g/mol. The van der Waals surface area contributed by atoms with Gasteiger partial charge in [-0.3, -0.25) is 4.79 Å². The van der Waals surface area contributed by atoms with Crippen molar-refractivity contribution in [3.05, 3.63) is 34.3 Å². The average Bonchev–Trinajstić information content (AvgIpc) is 2.28. The highest BCUT2D eigenvalue weighted by molar-refractivity contribution is 6.31. The molecule has 0 aromatic heterocycles. The minimum Gasteiger partial charge on any atom is -0.481 e. The van der Waals surface area contributed by atoms with Crippen LogP contribution < -0.4 is 0 Å². The maximum Gasteiger partial charge on any atom is 0.303 e. The number of benzene rings is 1. The van der Waals surface area contributed by atoms with Gasteiger partial charge < -0.3 is 5.11 Å². The van der Waals surface area contributed by atoms with Gasteiger partial charge >= 0.3 is 5.97 Å². The van der Waals surface area contributed by atoms with Crippen molar-refractivity contribution >= 4 is 17.6 Å². The van der Waals surface area contributed by atoms with Crippen LogP contribution in [0.3, 0.4) is 0 Å². The van der Waals surface area contributed by atoms with Crippen molar-refractivity contribution in [3.63, 3.8) is 0 Å². The van der Waals surface area contributed by atoms with Gasteiger partial charge in [0.1, 0.15) is 0 Å². The molecule has 1 rings (SSSR count). The molecule has 0 saturated carbocycles. The smallest absolute Gasteiger partial charge is 0.303 e. The van der Waals surface area contributed by atoms with E-state index < -0.39 is 5.97 Å². The lowest BCUT2D eigenvalue weighted by molar-refractivity contribution is -0.137. The number of carbonyl (C=O) groups is 1. The fourth-order valence-electron chi connectivity index (χ4n) is 1.79. The van der Waals surface area contributed by atoms with E-state index in [9.17, 15) is 4.79 Å². The number of hydrogen-bond donors (Lipinski definition) is 1.